The number of methoxy groups -OCH3 is 1. The smallest absolute Gasteiger partial charge is 0.217 e. The molecule has 4 nitrogen and oxygen atoms in total. The van der Waals surface area contributed by atoms with E-state index in [-0.39, 0.29) is 0 Å². The Balaban J connectivity index is 2.10. The van der Waals surface area contributed by atoms with Gasteiger partial charge in [-0.25, -0.2) is 4.98 Å². The molecule has 0 saturated carbocycles. The van der Waals surface area contributed by atoms with E-state index >= 15 is 0 Å². The van der Waals surface area contributed by atoms with Crippen LogP contribution in [0.5, 0.6) is 5.88 Å². The summed E-state index contributed by atoms with van der Waals surface area (Å²) in [5.41, 5.74) is 1.17. The van der Waals surface area contributed by atoms with Gasteiger partial charge in [0.2, 0.25) is 5.88 Å². The lowest BCUT2D eigenvalue weighted by Crippen LogP contribution is -2.39. The summed E-state index contributed by atoms with van der Waals surface area (Å²) < 4.78 is 5.35. The van der Waals surface area contributed by atoms with E-state index < -0.39 is 0 Å². The Labute approximate surface area is 116 Å². The molecule has 1 aromatic rings. The van der Waals surface area contributed by atoms with Crippen LogP contribution < -0.4 is 10.1 Å². The van der Waals surface area contributed by atoms with E-state index in [9.17, 15) is 0 Å². The average molecular weight is 263 g/mol. The second-order valence-electron chi connectivity index (χ2n) is 5.30. The van der Waals surface area contributed by atoms with Crippen LogP contribution in [-0.2, 0) is 6.54 Å². The average Bonchev–Trinajstić information content (AvgIpc) is 2.62. The van der Waals surface area contributed by atoms with Crippen molar-refractivity contribution in [1.82, 2.24) is 15.2 Å². The second kappa shape index (κ2) is 6.87. The van der Waals surface area contributed by atoms with Crippen LogP contribution in [0.4, 0.5) is 0 Å². The Morgan fingerprint density at radius 1 is 1.53 bits per heavy atom. The molecule has 1 aromatic heterocycles. The topological polar surface area (TPSA) is 37.4 Å². The van der Waals surface area contributed by atoms with Crippen LogP contribution in [0.2, 0.25) is 0 Å². The molecule has 4 heteroatoms. The summed E-state index contributed by atoms with van der Waals surface area (Å²) in [4.78, 5) is 6.82. The summed E-state index contributed by atoms with van der Waals surface area (Å²) in [6.07, 6.45) is 4.15. The van der Waals surface area contributed by atoms with E-state index in [1.54, 1.807) is 13.3 Å². The maximum Gasteiger partial charge on any atom is 0.217 e. The molecule has 19 heavy (non-hydrogen) atoms. The Kier molecular flexibility index (Phi) is 5.16. The molecule has 0 bridgehead atoms. The van der Waals surface area contributed by atoms with Crippen LogP contribution >= 0.6 is 0 Å². The minimum Gasteiger partial charge on any atom is -0.481 e. The number of aromatic nitrogens is 1. The number of rotatable bonds is 4. The van der Waals surface area contributed by atoms with E-state index in [0.717, 1.165) is 25.5 Å². The third kappa shape index (κ3) is 3.67. The van der Waals surface area contributed by atoms with Gasteiger partial charge in [-0.2, -0.15) is 0 Å². The molecule has 1 fully saturated rings. The molecule has 1 saturated heterocycles. The standard InChI is InChI=1S/C15H25N3O/c1-4-14-11-18(12(2)7-9-16-14)10-13-6-5-8-17-15(13)19-3/h5-6,8,12,14,16H,4,7,9-11H2,1-3H3. The summed E-state index contributed by atoms with van der Waals surface area (Å²) in [5, 5.41) is 3.62. The van der Waals surface area contributed by atoms with Crippen molar-refractivity contribution < 1.29 is 4.74 Å². The van der Waals surface area contributed by atoms with E-state index in [0.29, 0.717) is 12.1 Å². The maximum absolute atomic E-state index is 5.35. The highest BCUT2D eigenvalue weighted by Crippen LogP contribution is 2.20. The minimum absolute atomic E-state index is 0.590. The Hall–Kier alpha value is -1.13. The number of nitrogens with zero attached hydrogens (tertiary/aromatic N) is 2. The summed E-state index contributed by atoms with van der Waals surface area (Å²) in [7, 11) is 1.69. The zero-order chi connectivity index (χ0) is 13.7. The van der Waals surface area contributed by atoms with Crippen LogP contribution in [0.15, 0.2) is 18.3 Å². The Morgan fingerprint density at radius 3 is 3.11 bits per heavy atom. The summed E-state index contributed by atoms with van der Waals surface area (Å²) in [6, 6.07) is 5.27. The molecule has 1 aliphatic heterocycles. The molecule has 0 spiro atoms. The van der Waals surface area contributed by atoms with Crippen molar-refractivity contribution in [2.24, 2.45) is 0 Å². The van der Waals surface area contributed by atoms with E-state index in [2.05, 4.69) is 35.1 Å². The van der Waals surface area contributed by atoms with Gasteiger partial charge in [-0.3, -0.25) is 4.90 Å². The van der Waals surface area contributed by atoms with Crippen molar-refractivity contribution in [3.05, 3.63) is 23.9 Å². The van der Waals surface area contributed by atoms with Gasteiger partial charge in [0.15, 0.2) is 0 Å². The van der Waals surface area contributed by atoms with Gasteiger partial charge in [-0.1, -0.05) is 13.0 Å². The molecule has 2 unspecified atom stereocenters. The van der Waals surface area contributed by atoms with Crippen molar-refractivity contribution in [2.45, 2.75) is 45.3 Å². The molecule has 2 rings (SSSR count). The van der Waals surface area contributed by atoms with Gasteiger partial charge in [-0.05, 0) is 32.4 Å². The van der Waals surface area contributed by atoms with Crippen molar-refractivity contribution in [3.8, 4) is 5.88 Å². The maximum atomic E-state index is 5.35. The monoisotopic (exact) mass is 263 g/mol. The second-order valence-corrected chi connectivity index (χ2v) is 5.30. The predicted octanol–water partition coefficient (Wildman–Crippen LogP) is 2.05. The molecule has 1 N–H and O–H groups in total. The molecular formula is C15H25N3O. The van der Waals surface area contributed by atoms with Gasteiger partial charge in [0.25, 0.3) is 0 Å². The molecule has 106 valence electrons. The van der Waals surface area contributed by atoms with Crippen molar-refractivity contribution >= 4 is 0 Å². The van der Waals surface area contributed by atoms with Crippen LogP contribution in [0.25, 0.3) is 0 Å². The van der Waals surface area contributed by atoms with Crippen LogP contribution in [0, 0.1) is 0 Å². The molecule has 0 amide bonds. The van der Waals surface area contributed by atoms with Crippen LogP contribution in [0.1, 0.15) is 32.3 Å². The van der Waals surface area contributed by atoms with E-state index in [1.807, 2.05) is 6.07 Å². The van der Waals surface area contributed by atoms with E-state index in [1.165, 1.54) is 18.4 Å². The normalized spacial score (nSPS) is 25.0. The molecule has 0 radical (unpaired) electrons. The Bertz CT molecular complexity index is 397. The minimum atomic E-state index is 0.590. The Morgan fingerprint density at radius 2 is 2.37 bits per heavy atom. The lowest BCUT2D eigenvalue weighted by atomic mass is 10.1. The van der Waals surface area contributed by atoms with Crippen LogP contribution in [-0.4, -0.2) is 42.2 Å². The molecule has 0 aromatic carbocycles. The zero-order valence-corrected chi connectivity index (χ0v) is 12.2. The van der Waals surface area contributed by atoms with Gasteiger partial charge < -0.3 is 10.1 Å². The number of pyridine rings is 1. The fourth-order valence-electron chi connectivity index (χ4n) is 2.65. The first-order valence-electron chi connectivity index (χ1n) is 7.20. The zero-order valence-electron chi connectivity index (χ0n) is 12.2. The molecular weight excluding hydrogens is 238 g/mol. The first kappa shape index (κ1) is 14.3. The number of hydrogen-bond donors (Lipinski definition) is 1. The number of hydrogen-bond acceptors (Lipinski definition) is 4. The summed E-state index contributed by atoms with van der Waals surface area (Å²) >= 11 is 0. The van der Waals surface area contributed by atoms with Crippen LogP contribution in [0.3, 0.4) is 0 Å². The predicted molar refractivity (Wildman–Crippen MR) is 77.4 cm³/mol. The van der Waals surface area contributed by atoms with Gasteiger partial charge in [0.05, 0.1) is 7.11 Å². The van der Waals surface area contributed by atoms with Gasteiger partial charge in [-0.15, -0.1) is 0 Å². The third-order valence-corrected chi connectivity index (χ3v) is 3.98. The highest BCUT2D eigenvalue weighted by Gasteiger charge is 2.22. The third-order valence-electron chi connectivity index (χ3n) is 3.98. The molecule has 1 aliphatic rings. The lowest BCUT2D eigenvalue weighted by molar-refractivity contribution is 0.191. The molecule has 2 atom stereocenters. The first-order chi connectivity index (χ1) is 9.24. The van der Waals surface area contributed by atoms with Crippen molar-refractivity contribution in [3.63, 3.8) is 0 Å². The highest BCUT2D eigenvalue weighted by atomic mass is 16.5. The number of nitrogens with one attached hydrogen (secondary N) is 1. The summed E-state index contributed by atoms with van der Waals surface area (Å²) in [6.45, 7) is 7.67. The largest absolute Gasteiger partial charge is 0.481 e. The molecule has 2 heterocycles. The SMILES string of the molecule is CCC1CN(Cc2cccnc2OC)C(C)CCN1. The summed E-state index contributed by atoms with van der Waals surface area (Å²) in [5.74, 6) is 0.750. The first-order valence-corrected chi connectivity index (χ1v) is 7.20. The van der Waals surface area contributed by atoms with Crippen molar-refractivity contribution in [1.29, 1.82) is 0 Å². The highest BCUT2D eigenvalue weighted by molar-refractivity contribution is 5.25. The van der Waals surface area contributed by atoms with Gasteiger partial charge in [0, 0.05) is 36.9 Å². The fourth-order valence-corrected chi connectivity index (χ4v) is 2.65. The van der Waals surface area contributed by atoms with E-state index in [4.69, 9.17) is 4.74 Å². The lowest BCUT2D eigenvalue weighted by Gasteiger charge is -2.29. The quantitative estimate of drug-likeness (QED) is 0.902. The van der Waals surface area contributed by atoms with Gasteiger partial charge in [0.1, 0.15) is 0 Å². The molecule has 0 aliphatic carbocycles. The van der Waals surface area contributed by atoms with Crippen molar-refractivity contribution in [2.75, 3.05) is 20.2 Å². The van der Waals surface area contributed by atoms with Gasteiger partial charge >= 0.3 is 0 Å². The fraction of sp³-hybridized carbons (Fsp3) is 0.667. The number of ether oxygens (including phenoxy) is 1.